The van der Waals surface area contributed by atoms with Crippen LogP contribution in [0.1, 0.15) is 54.2 Å². The molecule has 0 amide bonds. The largest absolute Gasteiger partial charge is 0.326 e. The number of carbonyl (C=O) groups is 1. The monoisotopic (exact) mass is 248 g/mol. The highest BCUT2D eigenvalue weighted by atomic mass is 16.1. The van der Waals surface area contributed by atoms with Gasteiger partial charge in [-0.05, 0) is 23.6 Å². The van der Waals surface area contributed by atoms with Gasteiger partial charge in [0.1, 0.15) is 0 Å². The quantitative estimate of drug-likeness (QED) is 0.761. The van der Waals surface area contributed by atoms with Crippen molar-refractivity contribution in [2.45, 2.75) is 53.2 Å². The van der Waals surface area contributed by atoms with Gasteiger partial charge >= 0.3 is 0 Å². The number of hydrogen-bond donors (Lipinski definition) is 2. The lowest BCUT2D eigenvalue weighted by molar-refractivity contribution is 0.0987. The molecule has 0 saturated heterocycles. The number of nitrogens with two attached hydrogens (primary N) is 1. The van der Waals surface area contributed by atoms with Crippen molar-refractivity contribution >= 4 is 5.78 Å². The van der Waals surface area contributed by atoms with Crippen molar-refractivity contribution in [2.24, 2.45) is 5.73 Å². The van der Waals surface area contributed by atoms with Crippen molar-refractivity contribution in [2.75, 3.05) is 0 Å². The van der Waals surface area contributed by atoms with E-state index in [1.807, 2.05) is 26.0 Å². The molecule has 0 unspecified atom stereocenters. The molecule has 0 radical (unpaired) electrons. The average molecular weight is 248 g/mol. The molecule has 1 rings (SSSR count). The third kappa shape index (κ3) is 3.40. The molecule has 1 aromatic rings. The van der Waals surface area contributed by atoms with Crippen LogP contribution in [0.5, 0.6) is 0 Å². The Morgan fingerprint density at radius 2 is 2.06 bits per heavy atom. The highest BCUT2D eigenvalue weighted by Crippen LogP contribution is 2.20. The van der Waals surface area contributed by atoms with Crippen LogP contribution in [0.4, 0.5) is 0 Å². The smallest absolute Gasteiger partial charge is 0.162 e. The number of Topliss-reactive ketones (excluding diaryl/α,β-unsaturated/α-hetero) is 1. The second-order valence-corrected chi connectivity index (χ2v) is 4.89. The standard InChI is InChI=1S/C15H24N2O/c1-5-15(18)13-7-6-12(9-17-10(2)3)11(4)14(13)8-16/h6-7,10,17H,5,8-9,16H2,1-4H3. The third-order valence-corrected chi connectivity index (χ3v) is 3.24. The van der Waals surface area contributed by atoms with Crippen LogP contribution in [-0.4, -0.2) is 11.8 Å². The van der Waals surface area contributed by atoms with E-state index in [0.29, 0.717) is 19.0 Å². The van der Waals surface area contributed by atoms with E-state index in [0.717, 1.165) is 23.2 Å². The SMILES string of the molecule is CCC(=O)c1ccc(CNC(C)C)c(C)c1CN. The molecule has 3 N–H and O–H groups in total. The normalized spacial score (nSPS) is 11.0. The fourth-order valence-electron chi connectivity index (χ4n) is 2.03. The first kappa shape index (κ1) is 14.9. The molecule has 0 atom stereocenters. The lowest BCUT2D eigenvalue weighted by Gasteiger charge is -2.16. The van der Waals surface area contributed by atoms with Gasteiger partial charge in [-0.3, -0.25) is 4.79 Å². The average Bonchev–Trinajstić information content (AvgIpc) is 2.35. The summed E-state index contributed by atoms with van der Waals surface area (Å²) in [5.74, 6) is 0.168. The molecule has 3 heteroatoms. The Morgan fingerprint density at radius 1 is 1.39 bits per heavy atom. The molecule has 0 aliphatic carbocycles. The van der Waals surface area contributed by atoms with Crippen molar-refractivity contribution in [1.82, 2.24) is 5.32 Å². The van der Waals surface area contributed by atoms with Gasteiger partial charge in [-0.15, -0.1) is 0 Å². The van der Waals surface area contributed by atoms with Crippen LogP contribution in [0.2, 0.25) is 0 Å². The summed E-state index contributed by atoms with van der Waals surface area (Å²) in [6, 6.07) is 4.40. The van der Waals surface area contributed by atoms with Gasteiger partial charge in [-0.2, -0.15) is 0 Å². The van der Waals surface area contributed by atoms with Gasteiger partial charge in [0.15, 0.2) is 5.78 Å². The van der Waals surface area contributed by atoms with Gasteiger partial charge < -0.3 is 11.1 Å². The Kier molecular flexibility index (Phi) is 5.51. The molecule has 0 fully saturated rings. The molecule has 0 aliphatic rings. The lowest BCUT2D eigenvalue weighted by Crippen LogP contribution is -2.23. The molecule has 0 spiro atoms. The predicted molar refractivity (Wildman–Crippen MR) is 75.7 cm³/mol. The van der Waals surface area contributed by atoms with E-state index in [-0.39, 0.29) is 5.78 Å². The zero-order valence-corrected chi connectivity index (χ0v) is 11.8. The summed E-state index contributed by atoms with van der Waals surface area (Å²) in [5, 5.41) is 3.39. The molecule has 0 aromatic heterocycles. The Balaban J connectivity index is 3.08. The number of carbonyl (C=O) groups excluding carboxylic acids is 1. The molecular formula is C15H24N2O. The first-order valence-electron chi connectivity index (χ1n) is 6.59. The fourth-order valence-corrected chi connectivity index (χ4v) is 2.03. The number of ketones is 1. The zero-order valence-electron chi connectivity index (χ0n) is 11.8. The van der Waals surface area contributed by atoms with E-state index in [4.69, 9.17) is 5.73 Å². The van der Waals surface area contributed by atoms with Gasteiger partial charge in [-0.25, -0.2) is 0 Å². The molecule has 0 heterocycles. The highest BCUT2D eigenvalue weighted by Gasteiger charge is 2.13. The maximum absolute atomic E-state index is 11.9. The van der Waals surface area contributed by atoms with E-state index in [1.165, 1.54) is 5.56 Å². The first-order chi connectivity index (χ1) is 8.51. The van der Waals surface area contributed by atoms with Crippen LogP contribution in [-0.2, 0) is 13.1 Å². The maximum Gasteiger partial charge on any atom is 0.162 e. The molecule has 0 bridgehead atoms. The van der Waals surface area contributed by atoms with Crippen LogP contribution in [0.25, 0.3) is 0 Å². The predicted octanol–water partition coefficient (Wildman–Crippen LogP) is 2.54. The Labute approximate surface area is 110 Å². The van der Waals surface area contributed by atoms with Crippen LogP contribution in [0, 0.1) is 6.92 Å². The second kappa shape index (κ2) is 6.66. The second-order valence-electron chi connectivity index (χ2n) is 4.89. The number of rotatable bonds is 6. The summed E-state index contributed by atoms with van der Waals surface area (Å²) in [5.41, 5.74) is 9.93. The van der Waals surface area contributed by atoms with Crippen molar-refractivity contribution in [1.29, 1.82) is 0 Å². The molecule has 0 saturated carbocycles. The number of hydrogen-bond acceptors (Lipinski definition) is 3. The van der Waals surface area contributed by atoms with Crippen LogP contribution >= 0.6 is 0 Å². The first-order valence-corrected chi connectivity index (χ1v) is 6.59. The Morgan fingerprint density at radius 3 is 2.56 bits per heavy atom. The van der Waals surface area contributed by atoms with Gasteiger partial charge in [-0.1, -0.05) is 32.9 Å². The molecule has 1 aromatic carbocycles. The minimum absolute atomic E-state index is 0.168. The molecule has 18 heavy (non-hydrogen) atoms. The van der Waals surface area contributed by atoms with E-state index >= 15 is 0 Å². The van der Waals surface area contributed by atoms with Gasteiger partial charge in [0, 0.05) is 31.1 Å². The van der Waals surface area contributed by atoms with Crippen LogP contribution in [0.15, 0.2) is 12.1 Å². The molecular weight excluding hydrogens is 224 g/mol. The number of nitrogens with one attached hydrogen (secondary N) is 1. The van der Waals surface area contributed by atoms with E-state index in [2.05, 4.69) is 19.2 Å². The highest BCUT2D eigenvalue weighted by molar-refractivity contribution is 5.97. The Hall–Kier alpha value is -1.19. The van der Waals surface area contributed by atoms with Crippen molar-refractivity contribution in [3.05, 3.63) is 34.4 Å². The Bertz CT molecular complexity index is 425. The van der Waals surface area contributed by atoms with Gasteiger partial charge in [0.25, 0.3) is 0 Å². The minimum Gasteiger partial charge on any atom is -0.326 e. The van der Waals surface area contributed by atoms with Gasteiger partial charge in [0.05, 0.1) is 0 Å². The summed E-state index contributed by atoms with van der Waals surface area (Å²) >= 11 is 0. The lowest BCUT2D eigenvalue weighted by atomic mass is 9.93. The summed E-state index contributed by atoms with van der Waals surface area (Å²) < 4.78 is 0. The fraction of sp³-hybridized carbons (Fsp3) is 0.533. The maximum atomic E-state index is 11.9. The van der Waals surface area contributed by atoms with Crippen LogP contribution < -0.4 is 11.1 Å². The molecule has 100 valence electrons. The molecule has 3 nitrogen and oxygen atoms in total. The van der Waals surface area contributed by atoms with E-state index < -0.39 is 0 Å². The van der Waals surface area contributed by atoms with Crippen molar-refractivity contribution in [3.63, 3.8) is 0 Å². The summed E-state index contributed by atoms with van der Waals surface area (Å²) in [6.07, 6.45) is 0.524. The van der Waals surface area contributed by atoms with Crippen molar-refractivity contribution in [3.8, 4) is 0 Å². The summed E-state index contributed by atoms with van der Waals surface area (Å²) in [7, 11) is 0. The van der Waals surface area contributed by atoms with E-state index in [1.54, 1.807) is 0 Å². The van der Waals surface area contributed by atoms with E-state index in [9.17, 15) is 4.79 Å². The summed E-state index contributed by atoms with van der Waals surface area (Å²) in [4.78, 5) is 11.9. The zero-order chi connectivity index (χ0) is 13.7. The van der Waals surface area contributed by atoms with Crippen molar-refractivity contribution < 1.29 is 4.79 Å². The minimum atomic E-state index is 0.168. The summed E-state index contributed by atoms with van der Waals surface area (Å²) in [6.45, 7) is 9.40. The van der Waals surface area contributed by atoms with Crippen LogP contribution in [0.3, 0.4) is 0 Å². The molecule has 0 aliphatic heterocycles. The topological polar surface area (TPSA) is 55.1 Å². The third-order valence-electron chi connectivity index (χ3n) is 3.24. The van der Waals surface area contributed by atoms with Gasteiger partial charge in [0.2, 0.25) is 0 Å². The number of benzene rings is 1.